The molecule has 2 aromatic rings. The van der Waals surface area contributed by atoms with Crippen molar-refractivity contribution >= 4 is 12.4 Å². The Kier molecular flexibility index (Phi) is 8.49. The van der Waals surface area contributed by atoms with Crippen molar-refractivity contribution in [2.45, 2.75) is 19.2 Å². The average molecular weight is 448 g/mol. The Labute approximate surface area is 179 Å². The van der Waals surface area contributed by atoms with Gasteiger partial charge < -0.3 is 24.3 Å². The van der Waals surface area contributed by atoms with Crippen molar-refractivity contribution in [1.82, 2.24) is 5.32 Å². The van der Waals surface area contributed by atoms with Crippen LogP contribution in [0.25, 0.3) is 11.1 Å². The molecule has 0 radical (unpaired) electrons. The summed E-state index contributed by atoms with van der Waals surface area (Å²) in [5.41, 5.74) is 1.31. The molecular formula is C21H25ClF3NO4. The van der Waals surface area contributed by atoms with Crippen LogP contribution in [-0.2, 0) is 0 Å². The number of nitrogens with one attached hydrogen (secondary N) is 1. The second kappa shape index (κ2) is 10.6. The number of piperidine rings is 1. The van der Waals surface area contributed by atoms with E-state index in [0.717, 1.165) is 25.9 Å². The maximum atomic E-state index is 12.8. The van der Waals surface area contributed by atoms with Gasteiger partial charge in [-0.2, -0.15) is 0 Å². The Bertz CT molecular complexity index is 826. The van der Waals surface area contributed by atoms with Gasteiger partial charge in [-0.1, -0.05) is 6.07 Å². The van der Waals surface area contributed by atoms with Crippen LogP contribution < -0.4 is 24.3 Å². The van der Waals surface area contributed by atoms with Gasteiger partial charge in [0.25, 0.3) is 0 Å². The van der Waals surface area contributed by atoms with Crippen LogP contribution in [0.1, 0.15) is 12.8 Å². The number of benzene rings is 2. The van der Waals surface area contributed by atoms with E-state index in [1.54, 1.807) is 31.4 Å². The minimum atomic E-state index is -4.80. The third-order valence-electron chi connectivity index (χ3n) is 4.82. The molecule has 0 saturated carbocycles. The first-order chi connectivity index (χ1) is 13.9. The molecule has 1 aliphatic heterocycles. The molecule has 0 atom stereocenters. The van der Waals surface area contributed by atoms with Gasteiger partial charge in [0.1, 0.15) is 11.5 Å². The molecule has 0 amide bonds. The summed E-state index contributed by atoms with van der Waals surface area (Å²) in [6.07, 6.45) is -2.97. The summed E-state index contributed by atoms with van der Waals surface area (Å²) in [6.45, 7) is 2.08. The first-order valence-corrected chi connectivity index (χ1v) is 9.35. The highest BCUT2D eigenvalue weighted by molar-refractivity contribution is 5.85. The number of methoxy groups -OCH3 is 2. The molecule has 1 fully saturated rings. The molecule has 5 nitrogen and oxygen atoms in total. The van der Waals surface area contributed by atoms with Gasteiger partial charge in [-0.05, 0) is 67.7 Å². The number of alkyl halides is 3. The van der Waals surface area contributed by atoms with Gasteiger partial charge >= 0.3 is 6.36 Å². The zero-order chi connectivity index (χ0) is 20.9. The van der Waals surface area contributed by atoms with Gasteiger partial charge in [0, 0.05) is 5.56 Å². The number of halogens is 4. The second-order valence-corrected chi connectivity index (χ2v) is 6.78. The first kappa shape index (κ1) is 24.0. The van der Waals surface area contributed by atoms with Gasteiger partial charge in [0.15, 0.2) is 11.5 Å². The standard InChI is InChI=1S/C21H24F3NO4.ClH/c1-26-16-4-6-18(27-2)17(12-16)15-3-5-19(29-21(22,23)24)20(11-15)28-13-14-7-9-25-10-8-14;/h3-6,11-12,14,25H,7-10,13H2,1-2H3;1H. The Morgan fingerprint density at radius 1 is 0.933 bits per heavy atom. The van der Waals surface area contributed by atoms with Crippen LogP contribution in [0.4, 0.5) is 13.2 Å². The van der Waals surface area contributed by atoms with Crippen molar-refractivity contribution in [2.75, 3.05) is 33.9 Å². The lowest BCUT2D eigenvalue weighted by Crippen LogP contribution is -2.30. The summed E-state index contributed by atoms with van der Waals surface area (Å²) < 4.78 is 59.1. The topological polar surface area (TPSA) is 49.0 Å². The van der Waals surface area contributed by atoms with Crippen LogP contribution in [0.2, 0.25) is 0 Å². The minimum Gasteiger partial charge on any atom is -0.497 e. The van der Waals surface area contributed by atoms with Crippen molar-refractivity contribution in [2.24, 2.45) is 5.92 Å². The van der Waals surface area contributed by atoms with Crippen LogP contribution >= 0.6 is 12.4 Å². The number of rotatable bonds is 7. The van der Waals surface area contributed by atoms with Crippen LogP contribution in [0, 0.1) is 5.92 Å². The first-order valence-electron chi connectivity index (χ1n) is 9.35. The molecule has 0 unspecified atom stereocenters. The molecular weight excluding hydrogens is 423 g/mol. The highest BCUT2D eigenvalue weighted by Crippen LogP contribution is 2.40. The average Bonchev–Trinajstić information content (AvgIpc) is 2.72. The Morgan fingerprint density at radius 3 is 2.27 bits per heavy atom. The smallest absolute Gasteiger partial charge is 0.497 e. The van der Waals surface area contributed by atoms with Crippen molar-refractivity contribution in [3.63, 3.8) is 0 Å². The quantitative estimate of drug-likeness (QED) is 0.642. The molecule has 30 heavy (non-hydrogen) atoms. The van der Waals surface area contributed by atoms with E-state index >= 15 is 0 Å². The predicted octanol–water partition coefficient (Wildman–Crippen LogP) is 5.07. The van der Waals surface area contributed by atoms with E-state index in [9.17, 15) is 13.2 Å². The molecule has 0 aliphatic carbocycles. The van der Waals surface area contributed by atoms with Crippen molar-refractivity contribution in [3.05, 3.63) is 36.4 Å². The number of hydrogen-bond acceptors (Lipinski definition) is 5. The lowest BCUT2D eigenvalue weighted by Gasteiger charge is -2.23. The summed E-state index contributed by atoms with van der Waals surface area (Å²) in [5, 5.41) is 3.25. The molecule has 166 valence electrons. The summed E-state index contributed by atoms with van der Waals surface area (Å²) in [7, 11) is 3.07. The molecule has 1 saturated heterocycles. The normalized spacial score (nSPS) is 14.6. The fourth-order valence-corrected chi connectivity index (χ4v) is 3.29. The van der Waals surface area contributed by atoms with E-state index < -0.39 is 6.36 Å². The van der Waals surface area contributed by atoms with Crippen molar-refractivity contribution in [3.8, 4) is 34.1 Å². The highest BCUT2D eigenvalue weighted by Gasteiger charge is 2.33. The van der Waals surface area contributed by atoms with E-state index in [4.69, 9.17) is 14.2 Å². The number of ether oxygens (including phenoxy) is 4. The maximum Gasteiger partial charge on any atom is 0.573 e. The third kappa shape index (κ3) is 6.34. The van der Waals surface area contributed by atoms with Gasteiger partial charge in [-0.15, -0.1) is 25.6 Å². The second-order valence-electron chi connectivity index (χ2n) is 6.78. The van der Waals surface area contributed by atoms with Crippen molar-refractivity contribution < 1.29 is 32.1 Å². The summed E-state index contributed by atoms with van der Waals surface area (Å²) in [4.78, 5) is 0. The van der Waals surface area contributed by atoms with E-state index in [0.29, 0.717) is 29.2 Å². The molecule has 0 spiro atoms. The van der Waals surface area contributed by atoms with Gasteiger partial charge in [0.2, 0.25) is 0 Å². The van der Waals surface area contributed by atoms with Gasteiger partial charge in [-0.3, -0.25) is 0 Å². The largest absolute Gasteiger partial charge is 0.573 e. The molecule has 1 heterocycles. The summed E-state index contributed by atoms with van der Waals surface area (Å²) >= 11 is 0. The van der Waals surface area contributed by atoms with Gasteiger partial charge in [-0.25, -0.2) is 0 Å². The van der Waals surface area contributed by atoms with Crippen LogP contribution in [0.3, 0.4) is 0 Å². The molecule has 9 heteroatoms. The predicted molar refractivity (Wildman–Crippen MR) is 110 cm³/mol. The van der Waals surface area contributed by atoms with Crippen LogP contribution in [0.15, 0.2) is 36.4 Å². The van der Waals surface area contributed by atoms with Gasteiger partial charge in [0.05, 0.1) is 20.8 Å². The Hall–Kier alpha value is -2.32. The molecule has 3 rings (SSSR count). The molecule has 0 bridgehead atoms. The molecule has 2 aromatic carbocycles. The highest BCUT2D eigenvalue weighted by atomic mass is 35.5. The monoisotopic (exact) mass is 447 g/mol. The molecule has 1 N–H and O–H groups in total. The molecule has 1 aliphatic rings. The zero-order valence-electron chi connectivity index (χ0n) is 16.8. The van der Waals surface area contributed by atoms with Crippen molar-refractivity contribution in [1.29, 1.82) is 0 Å². The van der Waals surface area contributed by atoms with E-state index in [1.807, 2.05) is 0 Å². The minimum absolute atomic E-state index is 0. The zero-order valence-corrected chi connectivity index (χ0v) is 17.6. The maximum absolute atomic E-state index is 12.8. The lowest BCUT2D eigenvalue weighted by molar-refractivity contribution is -0.275. The van der Waals surface area contributed by atoms with E-state index in [-0.39, 0.29) is 29.8 Å². The summed E-state index contributed by atoms with van der Waals surface area (Å²) in [5.74, 6) is 1.14. The summed E-state index contributed by atoms with van der Waals surface area (Å²) in [6, 6.07) is 9.59. The third-order valence-corrected chi connectivity index (χ3v) is 4.82. The SMILES string of the molecule is COc1ccc(OC)c(-c2ccc(OC(F)(F)F)c(OCC3CCNCC3)c2)c1.Cl. The fourth-order valence-electron chi connectivity index (χ4n) is 3.29. The molecule has 0 aromatic heterocycles. The number of hydrogen-bond donors (Lipinski definition) is 1. The lowest BCUT2D eigenvalue weighted by atomic mass is 9.99. The van der Waals surface area contributed by atoms with Crippen LogP contribution in [0.5, 0.6) is 23.0 Å². The van der Waals surface area contributed by atoms with E-state index in [2.05, 4.69) is 10.1 Å². The van der Waals surface area contributed by atoms with E-state index in [1.165, 1.54) is 19.2 Å². The Morgan fingerprint density at radius 2 is 1.63 bits per heavy atom. The Balaban J connectivity index is 0.00000320. The fraction of sp³-hybridized carbons (Fsp3) is 0.429. The van der Waals surface area contributed by atoms with Crippen LogP contribution in [-0.4, -0.2) is 40.3 Å².